The third-order valence-corrected chi connectivity index (χ3v) is 4.22. The summed E-state index contributed by atoms with van der Waals surface area (Å²) in [6, 6.07) is 9.63. The van der Waals surface area contributed by atoms with Gasteiger partial charge in [-0.1, -0.05) is 30.3 Å². The Morgan fingerprint density at radius 2 is 1.65 bits per heavy atom. The van der Waals surface area contributed by atoms with Gasteiger partial charge in [-0.2, -0.15) is 0 Å². The first-order valence-corrected chi connectivity index (χ1v) is 7.61. The van der Waals surface area contributed by atoms with Crippen molar-refractivity contribution in [2.24, 2.45) is 0 Å². The van der Waals surface area contributed by atoms with Crippen LogP contribution < -0.4 is 0 Å². The topological polar surface area (TPSA) is 66.4 Å². The molecule has 2 rings (SSSR count). The van der Waals surface area contributed by atoms with Crippen molar-refractivity contribution in [2.45, 2.75) is 36.6 Å². The van der Waals surface area contributed by atoms with E-state index < -0.39 is 30.2 Å². The van der Waals surface area contributed by atoms with E-state index in [0.717, 1.165) is 5.56 Å². The van der Waals surface area contributed by atoms with E-state index in [-0.39, 0.29) is 13.0 Å². The molecule has 0 radical (unpaired) electrons. The third kappa shape index (κ3) is 3.91. The van der Waals surface area contributed by atoms with Gasteiger partial charge >= 0.3 is 0 Å². The summed E-state index contributed by atoms with van der Waals surface area (Å²) in [4.78, 5) is 0. The van der Waals surface area contributed by atoms with Crippen LogP contribution in [-0.2, 0) is 30.1 Å². The van der Waals surface area contributed by atoms with E-state index >= 15 is 0 Å². The lowest BCUT2D eigenvalue weighted by Crippen LogP contribution is -2.67. The Morgan fingerprint density at radius 1 is 1.00 bits per heavy atom. The van der Waals surface area contributed by atoms with Crippen molar-refractivity contribution in [3.05, 3.63) is 35.9 Å². The number of hydrogen-bond acceptors (Lipinski definition) is 6. The van der Waals surface area contributed by atoms with Crippen LogP contribution in [-0.4, -0.2) is 70.4 Å². The molecule has 0 spiro atoms. The van der Waals surface area contributed by atoms with Crippen molar-refractivity contribution < 1.29 is 28.8 Å². The van der Waals surface area contributed by atoms with Crippen molar-refractivity contribution >= 4 is 0 Å². The summed E-state index contributed by atoms with van der Waals surface area (Å²) in [6.07, 6.45) is -1.75. The van der Waals surface area contributed by atoms with E-state index in [9.17, 15) is 5.11 Å². The minimum atomic E-state index is -1.53. The van der Waals surface area contributed by atoms with Crippen molar-refractivity contribution in [2.75, 3.05) is 35.0 Å². The first-order chi connectivity index (χ1) is 11.1. The number of aliphatic hydroxyl groups is 1. The van der Waals surface area contributed by atoms with E-state index in [0.29, 0.717) is 0 Å². The van der Waals surface area contributed by atoms with Gasteiger partial charge in [0, 0.05) is 34.9 Å². The second kappa shape index (κ2) is 8.19. The van der Waals surface area contributed by atoms with Gasteiger partial charge in [-0.25, -0.2) is 0 Å². The van der Waals surface area contributed by atoms with E-state index in [4.69, 9.17) is 23.7 Å². The van der Waals surface area contributed by atoms with Crippen LogP contribution in [0.1, 0.15) is 5.56 Å². The van der Waals surface area contributed by atoms with Gasteiger partial charge < -0.3 is 28.8 Å². The molecular weight excluding hydrogens is 300 g/mol. The molecule has 1 fully saturated rings. The zero-order valence-electron chi connectivity index (χ0n) is 14.1. The van der Waals surface area contributed by atoms with E-state index in [1.165, 1.54) is 7.11 Å². The largest absolute Gasteiger partial charge is 0.382 e. The van der Waals surface area contributed by atoms with E-state index in [1.54, 1.807) is 21.3 Å². The molecule has 23 heavy (non-hydrogen) atoms. The summed E-state index contributed by atoms with van der Waals surface area (Å²) in [6.45, 7) is 0.284. The minimum absolute atomic E-state index is 0.281. The molecule has 130 valence electrons. The molecule has 1 saturated heterocycles. The van der Waals surface area contributed by atoms with Gasteiger partial charge in [-0.3, -0.25) is 0 Å². The highest BCUT2D eigenvalue weighted by molar-refractivity contribution is 5.18. The maximum absolute atomic E-state index is 11.2. The van der Waals surface area contributed by atoms with Gasteiger partial charge in [0.05, 0.1) is 6.61 Å². The Morgan fingerprint density at radius 3 is 2.17 bits per heavy atom. The van der Waals surface area contributed by atoms with Gasteiger partial charge in [0.25, 0.3) is 0 Å². The van der Waals surface area contributed by atoms with Crippen LogP contribution >= 0.6 is 0 Å². The van der Waals surface area contributed by atoms with Crippen LogP contribution in [0.4, 0.5) is 0 Å². The first kappa shape index (κ1) is 18.3. The first-order valence-electron chi connectivity index (χ1n) is 7.61. The molecule has 0 unspecified atom stereocenters. The molecule has 1 aromatic rings. The SMILES string of the molecule is COC[C@H]1O[C@](O)(Cc2ccccc2)[C@H](OC)[C@@H](OC)[C@@H]1OC. The predicted molar refractivity (Wildman–Crippen MR) is 84.2 cm³/mol. The van der Waals surface area contributed by atoms with Gasteiger partial charge in [0.15, 0.2) is 5.79 Å². The third-order valence-electron chi connectivity index (χ3n) is 4.22. The predicted octanol–water partition coefficient (Wildman–Crippen LogP) is 1.01. The molecule has 6 nitrogen and oxygen atoms in total. The molecule has 1 aliphatic heterocycles. The highest BCUT2D eigenvalue weighted by Crippen LogP contribution is 2.35. The van der Waals surface area contributed by atoms with Crippen LogP contribution in [0, 0.1) is 0 Å². The van der Waals surface area contributed by atoms with Gasteiger partial charge in [0.1, 0.15) is 24.4 Å². The average molecular weight is 326 g/mol. The maximum Gasteiger partial charge on any atom is 0.199 e. The van der Waals surface area contributed by atoms with Crippen molar-refractivity contribution in [3.8, 4) is 0 Å². The van der Waals surface area contributed by atoms with Crippen molar-refractivity contribution in [1.29, 1.82) is 0 Å². The lowest BCUT2D eigenvalue weighted by atomic mass is 9.88. The fourth-order valence-electron chi connectivity index (χ4n) is 3.22. The van der Waals surface area contributed by atoms with Crippen LogP contribution in [0.5, 0.6) is 0 Å². The summed E-state index contributed by atoms with van der Waals surface area (Å²) in [7, 11) is 6.26. The summed E-state index contributed by atoms with van der Waals surface area (Å²) in [5, 5.41) is 11.2. The lowest BCUT2D eigenvalue weighted by molar-refractivity contribution is -0.357. The molecule has 0 aromatic heterocycles. The van der Waals surface area contributed by atoms with Crippen molar-refractivity contribution in [1.82, 2.24) is 0 Å². The Kier molecular flexibility index (Phi) is 6.52. The number of hydrogen-bond donors (Lipinski definition) is 1. The Labute approximate surface area is 137 Å². The Hall–Kier alpha value is -1.02. The molecule has 6 heteroatoms. The van der Waals surface area contributed by atoms with Crippen LogP contribution in [0.25, 0.3) is 0 Å². The normalized spacial score (nSPS) is 34.5. The molecule has 0 saturated carbocycles. The fraction of sp³-hybridized carbons (Fsp3) is 0.647. The molecule has 1 aromatic carbocycles. The number of rotatable bonds is 7. The molecule has 1 N–H and O–H groups in total. The zero-order chi connectivity index (χ0) is 16.9. The summed E-state index contributed by atoms with van der Waals surface area (Å²) in [5.74, 6) is -1.53. The molecule has 0 aliphatic carbocycles. The summed E-state index contributed by atoms with van der Waals surface area (Å²) < 4.78 is 27.8. The van der Waals surface area contributed by atoms with Crippen LogP contribution in [0.2, 0.25) is 0 Å². The Balaban J connectivity index is 2.31. The van der Waals surface area contributed by atoms with Crippen molar-refractivity contribution in [3.63, 3.8) is 0 Å². The van der Waals surface area contributed by atoms with E-state index in [2.05, 4.69) is 0 Å². The van der Waals surface area contributed by atoms with Crippen LogP contribution in [0.15, 0.2) is 30.3 Å². The summed E-state index contributed by atoms with van der Waals surface area (Å²) in [5.41, 5.74) is 0.943. The standard InChI is InChI=1S/C17H26O6/c1-19-11-13-14(20-2)15(21-3)16(22-4)17(18,23-13)10-12-8-6-5-7-9-12/h5-9,13-16,18H,10-11H2,1-4H3/t13-,14-,15+,16-,17-/m1/s1. The monoisotopic (exact) mass is 326 g/mol. The highest BCUT2D eigenvalue weighted by atomic mass is 16.7. The highest BCUT2D eigenvalue weighted by Gasteiger charge is 2.55. The van der Waals surface area contributed by atoms with Gasteiger partial charge in [-0.05, 0) is 5.56 Å². The minimum Gasteiger partial charge on any atom is -0.382 e. The molecular formula is C17H26O6. The second-order valence-corrected chi connectivity index (χ2v) is 5.68. The molecule has 0 amide bonds. The second-order valence-electron chi connectivity index (χ2n) is 5.68. The molecule has 1 heterocycles. The Bertz CT molecular complexity index is 467. The smallest absolute Gasteiger partial charge is 0.199 e. The van der Waals surface area contributed by atoms with Gasteiger partial charge in [-0.15, -0.1) is 0 Å². The zero-order valence-corrected chi connectivity index (χ0v) is 14.1. The number of ether oxygens (including phenoxy) is 5. The van der Waals surface area contributed by atoms with E-state index in [1.807, 2.05) is 30.3 Å². The number of benzene rings is 1. The summed E-state index contributed by atoms with van der Waals surface area (Å²) >= 11 is 0. The van der Waals surface area contributed by atoms with Crippen LogP contribution in [0.3, 0.4) is 0 Å². The maximum atomic E-state index is 11.2. The molecule has 0 bridgehead atoms. The average Bonchev–Trinajstić information content (AvgIpc) is 2.55. The molecule has 5 atom stereocenters. The quantitative estimate of drug-likeness (QED) is 0.807. The number of methoxy groups -OCH3 is 4. The van der Waals surface area contributed by atoms with Gasteiger partial charge in [0.2, 0.25) is 0 Å². The lowest BCUT2D eigenvalue weighted by Gasteiger charge is -2.49. The fourth-order valence-corrected chi connectivity index (χ4v) is 3.22. The molecule has 1 aliphatic rings.